The third-order valence-electron chi connectivity index (χ3n) is 5.22. The quantitative estimate of drug-likeness (QED) is 0.804. The van der Waals surface area contributed by atoms with Crippen molar-refractivity contribution in [1.29, 1.82) is 0 Å². The number of hydrogen-bond acceptors (Lipinski definition) is 4. The fourth-order valence-corrected chi connectivity index (χ4v) is 6.78. The second-order valence-electron chi connectivity index (χ2n) is 6.83. The van der Waals surface area contributed by atoms with Crippen molar-refractivity contribution in [1.82, 2.24) is 9.21 Å². The monoisotopic (exact) mass is 370 g/mol. The maximum atomic E-state index is 13.1. The maximum absolute atomic E-state index is 13.1. The first-order valence-electron chi connectivity index (χ1n) is 8.82. The summed E-state index contributed by atoms with van der Waals surface area (Å²) in [6.07, 6.45) is 6.42. The summed E-state index contributed by atoms with van der Waals surface area (Å²) in [7, 11) is -1.66. The van der Waals surface area contributed by atoms with E-state index in [1.807, 2.05) is 11.9 Å². The van der Waals surface area contributed by atoms with Gasteiger partial charge in [-0.05, 0) is 37.1 Å². The number of carbonyl (C=O) groups is 1. The van der Waals surface area contributed by atoms with Gasteiger partial charge in [-0.3, -0.25) is 4.79 Å². The first kappa shape index (κ1) is 17.9. The molecule has 1 aliphatic heterocycles. The van der Waals surface area contributed by atoms with E-state index in [-0.39, 0.29) is 17.9 Å². The van der Waals surface area contributed by atoms with Crippen LogP contribution in [0.3, 0.4) is 0 Å². The van der Waals surface area contributed by atoms with Gasteiger partial charge < -0.3 is 4.90 Å². The van der Waals surface area contributed by atoms with E-state index < -0.39 is 10.0 Å². The molecule has 0 aromatic carbocycles. The Morgan fingerprint density at radius 2 is 1.83 bits per heavy atom. The van der Waals surface area contributed by atoms with Crippen LogP contribution in [0.5, 0.6) is 0 Å². The van der Waals surface area contributed by atoms with Crippen molar-refractivity contribution >= 4 is 27.3 Å². The van der Waals surface area contributed by atoms with Crippen LogP contribution in [0.15, 0.2) is 21.7 Å². The summed E-state index contributed by atoms with van der Waals surface area (Å²) in [6.45, 7) is 1.30. The topological polar surface area (TPSA) is 57.7 Å². The fourth-order valence-electron chi connectivity index (χ4n) is 3.93. The van der Waals surface area contributed by atoms with Gasteiger partial charge in [-0.2, -0.15) is 4.31 Å². The van der Waals surface area contributed by atoms with Crippen LogP contribution >= 0.6 is 11.3 Å². The molecule has 134 valence electrons. The second kappa shape index (κ2) is 7.54. The third-order valence-corrected chi connectivity index (χ3v) is 8.52. The van der Waals surface area contributed by atoms with Crippen LogP contribution in [0.1, 0.15) is 44.9 Å². The van der Waals surface area contributed by atoms with Gasteiger partial charge in [0.05, 0.1) is 5.92 Å². The minimum absolute atomic E-state index is 0.116. The predicted molar refractivity (Wildman–Crippen MR) is 95.4 cm³/mol. The molecule has 1 amide bonds. The van der Waals surface area contributed by atoms with Crippen molar-refractivity contribution in [2.45, 2.75) is 55.2 Å². The lowest BCUT2D eigenvalue weighted by atomic mass is 10.0. The van der Waals surface area contributed by atoms with Gasteiger partial charge >= 0.3 is 0 Å². The molecule has 2 aliphatic rings. The van der Waals surface area contributed by atoms with Gasteiger partial charge in [-0.1, -0.05) is 25.3 Å². The normalized spacial score (nSPS) is 27.7. The van der Waals surface area contributed by atoms with E-state index in [4.69, 9.17) is 0 Å². The minimum Gasteiger partial charge on any atom is -0.345 e. The molecule has 2 fully saturated rings. The van der Waals surface area contributed by atoms with Crippen LogP contribution < -0.4 is 0 Å². The lowest BCUT2D eigenvalue weighted by Gasteiger charge is -2.32. The highest BCUT2D eigenvalue weighted by molar-refractivity contribution is 7.91. The maximum Gasteiger partial charge on any atom is 0.252 e. The predicted octanol–water partition coefficient (Wildman–Crippen LogP) is 2.94. The smallest absolute Gasteiger partial charge is 0.252 e. The number of fused-ring (bicyclic) bond motifs is 1. The Morgan fingerprint density at radius 1 is 1.08 bits per heavy atom. The number of rotatable bonds is 2. The molecule has 1 saturated heterocycles. The molecule has 2 atom stereocenters. The molecule has 0 spiro atoms. The molecular weight excluding hydrogens is 344 g/mol. The minimum atomic E-state index is -3.51. The molecule has 1 aromatic heterocycles. The van der Waals surface area contributed by atoms with Gasteiger partial charge in [0.25, 0.3) is 10.0 Å². The van der Waals surface area contributed by atoms with Gasteiger partial charge in [-0.25, -0.2) is 8.42 Å². The molecule has 2 heterocycles. The molecule has 1 aliphatic carbocycles. The van der Waals surface area contributed by atoms with Crippen molar-refractivity contribution in [2.75, 3.05) is 20.1 Å². The zero-order chi connectivity index (χ0) is 17.2. The average molecular weight is 371 g/mol. The number of hydrogen-bond donors (Lipinski definition) is 0. The summed E-state index contributed by atoms with van der Waals surface area (Å²) in [5, 5.41) is 1.80. The molecule has 24 heavy (non-hydrogen) atoms. The van der Waals surface area contributed by atoms with Crippen LogP contribution in [0, 0.1) is 5.92 Å². The van der Waals surface area contributed by atoms with Gasteiger partial charge in [0.2, 0.25) is 5.91 Å². The van der Waals surface area contributed by atoms with Crippen LogP contribution in [0.2, 0.25) is 0 Å². The molecular formula is C17H26N2O3S2. The average Bonchev–Trinajstić information content (AvgIpc) is 3.23. The van der Waals surface area contributed by atoms with Crippen LogP contribution in [-0.2, 0) is 14.8 Å². The number of amides is 1. The van der Waals surface area contributed by atoms with Gasteiger partial charge in [-0.15, -0.1) is 11.3 Å². The van der Waals surface area contributed by atoms with E-state index >= 15 is 0 Å². The zero-order valence-electron chi connectivity index (χ0n) is 14.2. The van der Waals surface area contributed by atoms with E-state index in [1.54, 1.807) is 21.8 Å². The summed E-state index contributed by atoms with van der Waals surface area (Å²) < 4.78 is 28.3. The Kier molecular flexibility index (Phi) is 5.62. The van der Waals surface area contributed by atoms with E-state index in [0.29, 0.717) is 10.8 Å². The molecule has 3 rings (SSSR count). The summed E-state index contributed by atoms with van der Waals surface area (Å²) in [5.74, 6) is -0.0754. The lowest BCUT2D eigenvalue weighted by molar-refractivity contribution is -0.135. The van der Waals surface area contributed by atoms with Crippen LogP contribution in [-0.4, -0.2) is 49.7 Å². The third kappa shape index (κ3) is 3.53. The molecule has 0 bridgehead atoms. The molecule has 0 N–H and O–H groups in total. The van der Waals surface area contributed by atoms with Crippen LogP contribution in [0.25, 0.3) is 0 Å². The van der Waals surface area contributed by atoms with Gasteiger partial charge in [0.15, 0.2) is 0 Å². The Hall–Kier alpha value is -0.920. The first-order chi connectivity index (χ1) is 11.5. The molecule has 1 saturated carbocycles. The fraction of sp³-hybridized carbons (Fsp3) is 0.706. The summed E-state index contributed by atoms with van der Waals surface area (Å²) in [4.78, 5) is 14.6. The molecule has 2 unspecified atom stereocenters. The largest absolute Gasteiger partial charge is 0.345 e. The number of carbonyl (C=O) groups excluding carboxylic acids is 1. The van der Waals surface area contributed by atoms with Gasteiger partial charge in [0, 0.05) is 26.2 Å². The summed E-state index contributed by atoms with van der Waals surface area (Å²) in [6, 6.07) is 3.25. The van der Waals surface area contributed by atoms with Crippen molar-refractivity contribution < 1.29 is 13.2 Å². The van der Waals surface area contributed by atoms with Crippen LogP contribution in [0.4, 0.5) is 0 Å². The standard InChI is InChI=1S/C17H26N2O3S2/c1-18-11-4-2-3-5-12-19(15-9-6-8-14(15)17(18)20)24(21,22)16-10-7-13-23-16/h7,10,13-15H,2-6,8-9,11-12H2,1H3. The van der Waals surface area contributed by atoms with E-state index in [9.17, 15) is 13.2 Å². The van der Waals surface area contributed by atoms with E-state index in [2.05, 4.69) is 0 Å². The van der Waals surface area contributed by atoms with Crippen molar-refractivity contribution in [3.63, 3.8) is 0 Å². The highest BCUT2D eigenvalue weighted by Crippen LogP contribution is 2.36. The second-order valence-corrected chi connectivity index (χ2v) is 9.89. The Morgan fingerprint density at radius 3 is 2.54 bits per heavy atom. The van der Waals surface area contributed by atoms with Crippen molar-refractivity contribution in [2.24, 2.45) is 5.92 Å². The van der Waals surface area contributed by atoms with E-state index in [1.165, 1.54) is 11.3 Å². The number of sulfonamides is 1. The zero-order valence-corrected chi connectivity index (χ0v) is 15.8. The SMILES string of the molecule is CN1CCCCCCN(S(=O)(=O)c2cccs2)C2CCCC2C1=O. The molecule has 7 heteroatoms. The first-order valence-corrected chi connectivity index (χ1v) is 11.1. The number of thiophene rings is 1. The highest BCUT2D eigenvalue weighted by Gasteiger charge is 2.43. The van der Waals surface area contributed by atoms with Crippen molar-refractivity contribution in [3.8, 4) is 0 Å². The molecule has 5 nitrogen and oxygen atoms in total. The Labute approximate surface area is 148 Å². The summed E-state index contributed by atoms with van der Waals surface area (Å²) in [5.41, 5.74) is 0. The molecule has 1 aromatic rings. The lowest BCUT2D eigenvalue weighted by Crippen LogP contribution is -2.47. The van der Waals surface area contributed by atoms with Crippen molar-refractivity contribution in [3.05, 3.63) is 17.5 Å². The highest BCUT2D eigenvalue weighted by atomic mass is 32.2. The Bertz CT molecular complexity index is 657. The Balaban J connectivity index is 1.94. The summed E-state index contributed by atoms with van der Waals surface area (Å²) >= 11 is 1.26. The van der Waals surface area contributed by atoms with E-state index in [0.717, 1.165) is 51.5 Å². The number of nitrogens with zero attached hydrogens (tertiary/aromatic N) is 2. The molecule has 0 radical (unpaired) electrons. The van der Waals surface area contributed by atoms with Gasteiger partial charge in [0.1, 0.15) is 4.21 Å².